The minimum atomic E-state index is -1.83. The van der Waals surface area contributed by atoms with Crippen LogP contribution in [0.2, 0.25) is 5.02 Å². The van der Waals surface area contributed by atoms with Gasteiger partial charge in [-0.1, -0.05) is 29.5 Å². The molecule has 0 aliphatic carbocycles. The van der Waals surface area contributed by atoms with Gasteiger partial charge in [-0.25, -0.2) is 0 Å². The molecule has 4 N–H and O–H groups in total. The first kappa shape index (κ1) is 22.2. The molecule has 2 atom stereocenters. The molecule has 28 heavy (non-hydrogen) atoms. The van der Waals surface area contributed by atoms with Crippen LogP contribution in [0.4, 0.5) is 0 Å². The highest BCUT2D eigenvalue weighted by Gasteiger charge is 2.44. The van der Waals surface area contributed by atoms with Gasteiger partial charge in [0.1, 0.15) is 6.04 Å². The third-order valence-corrected chi connectivity index (χ3v) is 4.76. The molecule has 1 aliphatic heterocycles. The fourth-order valence-corrected chi connectivity index (χ4v) is 3.00. The van der Waals surface area contributed by atoms with Crippen LogP contribution < -0.4 is 11.1 Å². The number of carbonyl (C=O) groups is 2. The third kappa shape index (κ3) is 5.48. The van der Waals surface area contributed by atoms with Crippen LogP contribution in [0, 0.1) is 17.3 Å². The maximum Gasteiger partial charge on any atom is 0.267 e. The van der Waals surface area contributed by atoms with Crippen molar-refractivity contribution in [3.05, 3.63) is 34.3 Å². The molecule has 0 aromatic heterocycles. The van der Waals surface area contributed by atoms with Crippen molar-refractivity contribution in [2.45, 2.75) is 58.8 Å². The normalized spacial score (nSPS) is 18.4. The van der Waals surface area contributed by atoms with Crippen molar-refractivity contribution >= 4 is 23.4 Å². The summed E-state index contributed by atoms with van der Waals surface area (Å²) in [5, 5.41) is 13.9. The number of amides is 2. The van der Waals surface area contributed by atoms with Gasteiger partial charge in [-0.15, -0.1) is 0 Å². The molecule has 1 unspecified atom stereocenters. The molecule has 1 aromatic carbocycles. The molecule has 0 spiro atoms. The lowest BCUT2D eigenvalue weighted by molar-refractivity contribution is -0.157. The van der Waals surface area contributed by atoms with Gasteiger partial charge in [0.15, 0.2) is 0 Å². The second kappa shape index (κ2) is 8.52. The summed E-state index contributed by atoms with van der Waals surface area (Å²) in [6.45, 7) is 8.07. The first-order chi connectivity index (χ1) is 12.9. The summed E-state index contributed by atoms with van der Waals surface area (Å²) < 4.78 is 0. The number of benzene rings is 1. The summed E-state index contributed by atoms with van der Waals surface area (Å²) in [7, 11) is 0. The quantitative estimate of drug-likeness (QED) is 0.651. The molecule has 2 rings (SSSR count). The van der Waals surface area contributed by atoms with Crippen molar-refractivity contribution in [1.29, 1.82) is 0 Å². The third-order valence-electron chi connectivity index (χ3n) is 4.52. The van der Waals surface area contributed by atoms with Crippen molar-refractivity contribution in [1.82, 2.24) is 10.2 Å². The van der Waals surface area contributed by atoms with E-state index in [9.17, 15) is 14.7 Å². The lowest BCUT2D eigenvalue weighted by atomic mass is 9.93. The van der Waals surface area contributed by atoms with Crippen LogP contribution in [0.25, 0.3) is 0 Å². The predicted molar refractivity (Wildman–Crippen MR) is 109 cm³/mol. The summed E-state index contributed by atoms with van der Waals surface area (Å²) in [4.78, 5) is 26.6. The molecule has 0 saturated carbocycles. The predicted octanol–water partition coefficient (Wildman–Crippen LogP) is 1.82. The fraction of sp³-hybridized carbons (Fsp3) is 0.524. The van der Waals surface area contributed by atoms with E-state index in [1.165, 1.54) is 11.8 Å². The van der Waals surface area contributed by atoms with Gasteiger partial charge in [0.25, 0.3) is 5.91 Å². The highest BCUT2D eigenvalue weighted by atomic mass is 35.5. The Hall–Kier alpha value is -2.07. The molecule has 0 bridgehead atoms. The standard InChI is InChI=1S/C21H28ClN3O3/c1-20(2,3)8-9-21(4,28)19(27)25-10-7-17(25)18(26)24-13-15-11-16(22)6-5-14(15)12-23/h5-6,11,17,28H,7,10,12-13,23H2,1-4H3,(H,24,26)/t17-,21?/m0/s1. The van der Waals surface area contributed by atoms with E-state index in [-0.39, 0.29) is 17.9 Å². The maximum atomic E-state index is 12.7. The van der Waals surface area contributed by atoms with E-state index in [1.54, 1.807) is 12.1 Å². The summed E-state index contributed by atoms with van der Waals surface area (Å²) in [6.07, 6.45) is 0.541. The molecule has 1 fully saturated rings. The second-order valence-electron chi connectivity index (χ2n) is 8.21. The average molecular weight is 406 g/mol. The molecule has 7 heteroatoms. The van der Waals surface area contributed by atoms with Gasteiger partial charge in [-0.05, 0) is 57.4 Å². The Kier molecular flexibility index (Phi) is 6.76. The molecule has 2 amide bonds. The monoisotopic (exact) mass is 405 g/mol. The molecule has 6 nitrogen and oxygen atoms in total. The largest absolute Gasteiger partial charge is 0.370 e. The van der Waals surface area contributed by atoms with Gasteiger partial charge in [0.2, 0.25) is 11.5 Å². The fourth-order valence-electron chi connectivity index (χ4n) is 2.80. The first-order valence-corrected chi connectivity index (χ1v) is 9.65. The first-order valence-electron chi connectivity index (χ1n) is 9.27. The number of nitrogens with zero attached hydrogens (tertiary/aromatic N) is 1. The van der Waals surface area contributed by atoms with Crippen molar-refractivity contribution in [3.63, 3.8) is 0 Å². The zero-order valence-corrected chi connectivity index (χ0v) is 17.6. The van der Waals surface area contributed by atoms with Gasteiger partial charge in [0.05, 0.1) is 0 Å². The number of aliphatic hydroxyl groups is 1. The van der Waals surface area contributed by atoms with Gasteiger partial charge < -0.3 is 21.1 Å². The molecule has 1 heterocycles. The van der Waals surface area contributed by atoms with Crippen molar-refractivity contribution in [3.8, 4) is 11.8 Å². The molecular formula is C21H28ClN3O3. The average Bonchev–Trinajstić information content (AvgIpc) is 2.57. The van der Waals surface area contributed by atoms with E-state index in [2.05, 4.69) is 17.2 Å². The topological polar surface area (TPSA) is 95.7 Å². The van der Waals surface area contributed by atoms with Gasteiger partial charge >= 0.3 is 0 Å². The van der Waals surface area contributed by atoms with E-state index in [1.807, 2.05) is 26.8 Å². The number of nitrogens with two attached hydrogens (primary N) is 1. The molecule has 0 radical (unpaired) electrons. The lowest BCUT2D eigenvalue weighted by Gasteiger charge is -2.42. The zero-order chi connectivity index (χ0) is 21.1. The second-order valence-corrected chi connectivity index (χ2v) is 8.65. The lowest BCUT2D eigenvalue weighted by Crippen LogP contribution is -2.62. The number of hydrogen-bond acceptors (Lipinski definition) is 4. The number of hydrogen-bond donors (Lipinski definition) is 3. The van der Waals surface area contributed by atoms with Crippen LogP contribution in [-0.4, -0.2) is 40.0 Å². The molecule has 1 aromatic rings. The van der Waals surface area contributed by atoms with Crippen LogP contribution in [0.15, 0.2) is 18.2 Å². The van der Waals surface area contributed by atoms with E-state index in [4.69, 9.17) is 17.3 Å². The number of nitrogens with one attached hydrogen (secondary N) is 1. The molecular weight excluding hydrogens is 378 g/mol. The van der Waals surface area contributed by atoms with Crippen LogP contribution in [0.5, 0.6) is 0 Å². The number of rotatable bonds is 5. The smallest absolute Gasteiger partial charge is 0.267 e. The van der Waals surface area contributed by atoms with Gasteiger partial charge in [-0.3, -0.25) is 9.59 Å². The highest BCUT2D eigenvalue weighted by molar-refractivity contribution is 6.30. The van der Waals surface area contributed by atoms with E-state index < -0.39 is 17.6 Å². The number of likely N-dealkylation sites (tertiary alicyclic amines) is 1. The minimum Gasteiger partial charge on any atom is -0.370 e. The van der Waals surface area contributed by atoms with Crippen molar-refractivity contribution < 1.29 is 14.7 Å². The molecule has 152 valence electrons. The van der Waals surface area contributed by atoms with E-state index in [0.717, 1.165) is 11.1 Å². The Morgan fingerprint density at radius 1 is 1.29 bits per heavy atom. The molecule has 1 saturated heterocycles. The summed E-state index contributed by atoms with van der Waals surface area (Å²) >= 11 is 6.02. The van der Waals surface area contributed by atoms with Crippen LogP contribution in [-0.2, 0) is 22.7 Å². The molecule has 1 aliphatic rings. The highest BCUT2D eigenvalue weighted by Crippen LogP contribution is 2.23. The summed E-state index contributed by atoms with van der Waals surface area (Å²) in [5.74, 6) is 4.69. The van der Waals surface area contributed by atoms with Crippen molar-refractivity contribution in [2.24, 2.45) is 11.1 Å². The Morgan fingerprint density at radius 3 is 2.50 bits per heavy atom. The van der Waals surface area contributed by atoms with Gasteiger partial charge in [-0.2, -0.15) is 0 Å². The van der Waals surface area contributed by atoms with Crippen molar-refractivity contribution in [2.75, 3.05) is 6.54 Å². The zero-order valence-electron chi connectivity index (χ0n) is 16.8. The Balaban J connectivity index is 2.03. The Bertz CT molecular complexity index is 818. The summed E-state index contributed by atoms with van der Waals surface area (Å²) in [5.41, 5.74) is 5.29. The van der Waals surface area contributed by atoms with Crippen LogP contribution in [0.3, 0.4) is 0 Å². The maximum absolute atomic E-state index is 12.7. The minimum absolute atomic E-state index is 0.269. The van der Waals surface area contributed by atoms with E-state index in [0.29, 0.717) is 24.5 Å². The Labute approximate surface area is 171 Å². The summed E-state index contributed by atoms with van der Waals surface area (Å²) in [6, 6.07) is 4.73. The number of carbonyl (C=O) groups excluding carboxylic acids is 2. The Morgan fingerprint density at radius 2 is 1.96 bits per heavy atom. The van der Waals surface area contributed by atoms with Gasteiger partial charge in [0, 0.05) is 30.1 Å². The van der Waals surface area contributed by atoms with Crippen LogP contribution in [0.1, 0.15) is 45.2 Å². The van der Waals surface area contributed by atoms with Crippen LogP contribution >= 0.6 is 11.6 Å². The SMILES string of the molecule is CC(C)(C)C#CC(C)(O)C(=O)N1CC[C@H]1C(=O)NCc1cc(Cl)ccc1CN. The number of halogens is 1. The van der Waals surface area contributed by atoms with E-state index >= 15 is 0 Å².